The molecule has 0 unspecified atom stereocenters. The maximum atomic E-state index is 11.2. The number of nitrogens with zero attached hydrogens (tertiary/aromatic N) is 4. The lowest BCUT2D eigenvalue weighted by Gasteiger charge is -2.10. The Hall–Kier alpha value is -3.24. The first-order valence-electron chi connectivity index (χ1n) is 7.75. The number of nitro groups is 1. The van der Waals surface area contributed by atoms with Crippen LogP contribution in [-0.2, 0) is 0 Å². The molecule has 2 aromatic heterocycles. The summed E-state index contributed by atoms with van der Waals surface area (Å²) in [6.45, 7) is 3.89. The van der Waals surface area contributed by atoms with E-state index in [1.807, 2.05) is 38.1 Å². The summed E-state index contributed by atoms with van der Waals surface area (Å²) >= 11 is 1.03. The van der Waals surface area contributed by atoms with Gasteiger partial charge in [-0.3, -0.25) is 10.1 Å². The number of aryl methyl sites for hydroxylation is 2. The molecule has 128 valence electrons. The van der Waals surface area contributed by atoms with E-state index in [9.17, 15) is 15.4 Å². The van der Waals surface area contributed by atoms with E-state index in [1.165, 1.54) is 18.3 Å². The molecule has 7 heteroatoms. The van der Waals surface area contributed by atoms with Crippen LogP contribution in [0.5, 0.6) is 0 Å². The van der Waals surface area contributed by atoms with Gasteiger partial charge in [-0.15, -0.1) is 0 Å². The zero-order valence-corrected chi connectivity index (χ0v) is 14.9. The van der Waals surface area contributed by atoms with Crippen LogP contribution in [0, 0.1) is 35.3 Å². The third-order valence-electron chi connectivity index (χ3n) is 3.76. The number of hydrogen-bond donors (Lipinski definition) is 0. The van der Waals surface area contributed by atoms with Crippen LogP contribution in [0.4, 0.5) is 5.69 Å². The molecule has 0 aliphatic heterocycles. The van der Waals surface area contributed by atoms with Gasteiger partial charge in [0.15, 0.2) is 5.03 Å². The molecule has 0 spiro atoms. The second-order valence-corrected chi connectivity index (χ2v) is 6.65. The minimum Gasteiger partial charge on any atom is -0.258 e. The molecule has 0 atom stereocenters. The normalized spacial score (nSPS) is 10.3. The van der Waals surface area contributed by atoms with Gasteiger partial charge in [0.2, 0.25) is 0 Å². The van der Waals surface area contributed by atoms with Crippen LogP contribution in [0.1, 0.15) is 16.7 Å². The van der Waals surface area contributed by atoms with E-state index < -0.39 is 4.92 Å². The van der Waals surface area contributed by atoms with Crippen LogP contribution in [0.25, 0.3) is 11.3 Å². The Morgan fingerprint density at radius 2 is 1.88 bits per heavy atom. The van der Waals surface area contributed by atoms with E-state index in [4.69, 9.17) is 0 Å². The summed E-state index contributed by atoms with van der Waals surface area (Å²) in [5, 5.41) is 21.3. The van der Waals surface area contributed by atoms with Gasteiger partial charge in [-0.2, -0.15) is 5.26 Å². The minimum atomic E-state index is -0.490. The number of aromatic nitrogens is 2. The Morgan fingerprint density at radius 1 is 1.15 bits per heavy atom. The third-order valence-corrected chi connectivity index (χ3v) is 4.78. The molecule has 0 amide bonds. The molecule has 2 heterocycles. The Labute approximate surface area is 154 Å². The highest BCUT2D eigenvalue weighted by atomic mass is 32.2. The molecule has 6 nitrogen and oxygen atoms in total. The highest BCUT2D eigenvalue weighted by Crippen LogP contribution is 2.35. The summed E-state index contributed by atoms with van der Waals surface area (Å²) in [5.74, 6) is 0. The molecule has 0 N–H and O–H groups in total. The number of nitriles is 1. The average Bonchev–Trinajstić information content (AvgIpc) is 2.64. The maximum absolute atomic E-state index is 11.2. The molecule has 1 aromatic carbocycles. The van der Waals surface area contributed by atoms with Gasteiger partial charge >= 0.3 is 5.69 Å². The van der Waals surface area contributed by atoms with Crippen molar-refractivity contribution in [3.63, 3.8) is 0 Å². The molecular weight excluding hydrogens is 348 g/mol. The zero-order chi connectivity index (χ0) is 18.7. The second kappa shape index (κ2) is 7.33. The monoisotopic (exact) mass is 362 g/mol. The Balaban J connectivity index is 2.10. The van der Waals surface area contributed by atoms with Gasteiger partial charge in [-0.25, -0.2) is 9.97 Å². The number of benzene rings is 1. The summed E-state index contributed by atoms with van der Waals surface area (Å²) in [6.07, 6.45) is 1.48. The van der Waals surface area contributed by atoms with E-state index in [1.54, 1.807) is 6.07 Å². The first-order valence-corrected chi connectivity index (χ1v) is 8.57. The predicted octanol–water partition coefficient (Wildman–Crippen LogP) is 4.69. The Kier molecular flexibility index (Phi) is 4.96. The third kappa shape index (κ3) is 3.55. The quantitative estimate of drug-likeness (QED) is 0.494. The van der Waals surface area contributed by atoms with Gasteiger partial charge in [-0.1, -0.05) is 29.8 Å². The molecule has 0 saturated carbocycles. The fourth-order valence-corrected chi connectivity index (χ4v) is 3.34. The van der Waals surface area contributed by atoms with Gasteiger partial charge in [0.1, 0.15) is 11.1 Å². The van der Waals surface area contributed by atoms with Crippen molar-refractivity contribution >= 4 is 17.4 Å². The number of hydrogen-bond acceptors (Lipinski definition) is 6. The van der Waals surface area contributed by atoms with Crippen LogP contribution in [0.15, 0.2) is 58.7 Å². The average molecular weight is 362 g/mol. The summed E-state index contributed by atoms with van der Waals surface area (Å²) in [5.41, 5.74) is 3.92. The van der Waals surface area contributed by atoms with Gasteiger partial charge in [0, 0.05) is 17.8 Å². The zero-order valence-electron chi connectivity index (χ0n) is 14.1. The SMILES string of the molecule is Cc1ccc(-c2nc(Sc3ncccc3[N+](=O)[O-])c(C#N)cc2C)cc1. The smallest absolute Gasteiger partial charge is 0.258 e. The lowest BCUT2D eigenvalue weighted by atomic mass is 10.0. The summed E-state index contributed by atoms with van der Waals surface area (Å²) in [6, 6.07) is 14.7. The Bertz CT molecular complexity index is 1030. The predicted molar refractivity (Wildman–Crippen MR) is 98.9 cm³/mol. The second-order valence-electron chi connectivity index (χ2n) is 5.67. The van der Waals surface area contributed by atoms with Gasteiger partial charge in [0.05, 0.1) is 16.2 Å². The summed E-state index contributed by atoms with van der Waals surface area (Å²) in [7, 11) is 0. The molecule has 0 fully saturated rings. The van der Waals surface area contributed by atoms with E-state index in [0.29, 0.717) is 10.6 Å². The highest BCUT2D eigenvalue weighted by Gasteiger charge is 2.19. The van der Waals surface area contributed by atoms with Crippen molar-refractivity contribution in [3.05, 3.63) is 75.5 Å². The van der Waals surface area contributed by atoms with Crippen molar-refractivity contribution in [1.29, 1.82) is 5.26 Å². The molecule has 3 rings (SSSR count). The molecule has 0 radical (unpaired) electrons. The molecule has 0 saturated heterocycles. The van der Waals surface area contributed by atoms with Crippen molar-refractivity contribution < 1.29 is 4.92 Å². The molecule has 26 heavy (non-hydrogen) atoms. The lowest BCUT2D eigenvalue weighted by Crippen LogP contribution is -1.97. The summed E-state index contributed by atoms with van der Waals surface area (Å²) in [4.78, 5) is 19.4. The minimum absolute atomic E-state index is 0.111. The van der Waals surface area contributed by atoms with E-state index in [-0.39, 0.29) is 10.7 Å². The Morgan fingerprint density at radius 3 is 2.54 bits per heavy atom. The van der Waals surface area contributed by atoms with Crippen LogP contribution >= 0.6 is 11.8 Å². The van der Waals surface area contributed by atoms with Crippen molar-refractivity contribution in [2.45, 2.75) is 23.9 Å². The van der Waals surface area contributed by atoms with Crippen LogP contribution in [-0.4, -0.2) is 14.9 Å². The molecule has 0 bridgehead atoms. The van der Waals surface area contributed by atoms with Crippen LogP contribution < -0.4 is 0 Å². The van der Waals surface area contributed by atoms with E-state index >= 15 is 0 Å². The van der Waals surface area contributed by atoms with Crippen LogP contribution in [0.2, 0.25) is 0 Å². The highest BCUT2D eigenvalue weighted by molar-refractivity contribution is 7.99. The molecule has 0 aliphatic rings. The van der Waals surface area contributed by atoms with Gasteiger partial charge < -0.3 is 0 Å². The van der Waals surface area contributed by atoms with Gasteiger partial charge in [-0.05, 0) is 43.3 Å². The van der Waals surface area contributed by atoms with Crippen molar-refractivity contribution in [1.82, 2.24) is 9.97 Å². The molecule has 0 aliphatic carbocycles. The summed E-state index contributed by atoms with van der Waals surface area (Å²) < 4.78 is 0. The fourth-order valence-electron chi connectivity index (χ4n) is 2.45. The molecule has 3 aromatic rings. The topological polar surface area (TPSA) is 92.7 Å². The lowest BCUT2D eigenvalue weighted by molar-refractivity contribution is -0.388. The van der Waals surface area contributed by atoms with Crippen molar-refractivity contribution in [3.8, 4) is 17.3 Å². The van der Waals surface area contributed by atoms with E-state index in [2.05, 4.69) is 16.0 Å². The molecular formula is C19H14N4O2S. The van der Waals surface area contributed by atoms with E-state index in [0.717, 1.165) is 34.1 Å². The largest absolute Gasteiger partial charge is 0.301 e. The fraction of sp³-hybridized carbons (Fsp3) is 0.105. The van der Waals surface area contributed by atoms with Crippen molar-refractivity contribution in [2.75, 3.05) is 0 Å². The maximum Gasteiger partial charge on any atom is 0.301 e. The van der Waals surface area contributed by atoms with Gasteiger partial charge in [0.25, 0.3) is 0 Å². The first kappa shape index (κ1) is 17.6. The standard InChI is InChI=1S/C19H14N4O2S/c1-12-5-7-14(8-6-12)17-13(2)10-15(11-20)18(22-17)26-19-16(23(24)25)4-3-9-21-19/h3-10H,1-2H3. The number of pyridine rings is 2. The first-order chi connectivity index (χ1) is 12.5. The number of rotatable bonds is 4. The van der Waals surface area contributed by atoms with Crippen LogP contribution in [0.3, 0.4) is 0 Å². The van der Waals surface area contributed by atoms with Crippen molar-refractivity contribution in [2.24, 2.45) is 0 Å².